The van der Waals surface area contributed by atoms with Gasteiger partial charge in [0, 0.05) is 18.8 Å². The molecule has 0 amide bonds. The third-order valence-electron chi connectivity index (χ3n) is 5.51. The molecule has 0 atom stereocenters. The third kappa shape index (κ3) is 5.32. The molecule has 3 aromatic rings. The number of rotatable bonds is 8. The van der Waals surface area contributed by atoms with Crippen LogP contribution in [0.4, 0.5) is 10.3 Å². The van der Waals surface area contributed by atoms with Crippen LogP contribution < -0.4 is 4.90 Å². The molecule has 6 nitrogen and oxygen atoms in total. The van der Waals surface area contributed by atoms with Gasteiger partial charge in [-0.25, -0.2) is 12.8 Å². The Hall–Kier alpha value is -2.39. The van der Waals surface area contributed by atoms with Gasteiger partial charge in [0.25, 0.3) is 0 Å². The van der Waals surface area contributed by atoms with Crippen molar-refractivity contribution in [2.75, 3.05) is 29.5 Å². The third-order valence-corrected chi connectivity index (χ3v) is 8.34. The van der Waals surface area contributed by atoms with E-state index >= 15 is 0 Å². The number of sulfone groups is 1. The summed E-state index contributed by atoms with van der Waals surface area (Å²) in [6, 6.07) is 13.2. The second-order valence-corrected chi connectivity index (χ2v) is 11.1. The van der Waals surface area contributed by atoms with Gasteiger partial charge < -0.3 is 4.90 Å². The summed E-state index contributed by atoms with van der Waals surface area (Å²) in [5.41, 5.74) is 2.18. The van der Waals surface area contributed by atoms with E-state index < -0.39 is 15.7 Å². The van der Waals surface area contributed by atoms with Gasteiger partial charge in [-0.1, -0.05) is 29.5 Å². The minimum Gasteiger partial charge on any atom is -0.341 e. The molecule has 0 bridgehead atoms. The van der Waals surface area contributed by atoms with Crippen molar-refractivity contribution >= 4 is 27.5 Å². The smallest absolute Gasteiger partial charge is 0.232 e. The highest BCUT2D eigenvalue weighted by atomic mass is 32.2. The van der Waals surface area contributed by atoms with Crippen LogP contribution in [0.25, 0.3) is 5.69 Å². The van der Waals surface area contributed by atoms with E-state index in [1.165, 1.54) is 48.0 Å². The first-order valence-electron chi connectivity index (χ1n) is 10.8. The van der Waals surface area contributed by atoms with E-state index in [9.17, 15) is 12.8 Å². The van der Waals surface area contributed by atoms with Crippen molar-refractivity contribution in [1.29, 1.82) is 0 Å². The minimum atomic E-state index is -3.44. The lowest BCUT2D eigenvalue weighted by Gasteiger charge is -2.27. The maximum absolute atomic E-state index is 13.1. The summed E-state index contributed by atoms with van der Waals surface area (Å²) >= 11 is 1.51. The Labute approximate surface area is 192 Å². The SMILES string of the molecule is Cc1ccc(-n2c(SCCCS(=O)(=O)c3ccc(F)cc3)nnc2N2CCCCC2)cc1. The Morgan fingerprint density at radius 3 is 2.34 bits per heavy atom. The monoisotopic (exact) mass is 474 g/mol. The zero-order valence-electron chi connectivity index (χ0n) is 18.1. The molecule has 0 unspecified atom stereocenters. The zero-order valence-corrected chi connectivity index (χ0v) is 19.7. The summed E-state index contributed by atoms with van der Waals surface area (Å²) < 4.78 is 40.2. The highest BCUT2D eigenvalue weighted by molar-refractivity contribution is 7.99. The number of anilines is 1. The molecular weight excluding hydrogens is 447 g/mol. The second-order valence-electron chi connectivity index (χ2n) is 7.98. The first kappa shape index (κ1) is 22.8. The van der Waals surface area contributed by atoms with Gasteiger partial charge in [-0.3, -0.25) is 4.57 Å². The van der Waals surface area contributed by atoms with Gasteiger partial charge in [0.15, 0.2) is 15.0 Å². The average Bonchev–Trinajstić information content (AvgIpc) is 3.22. The maximum Gasteiger partial charge on any atom is 0.232 e. The van der Waals surface area contributed by atoms with E-state index in [1.54, 1.807) is 0 Å². The van der Waals surface area contributed by atoms with Crippen LogP contribution in [0.1, 0.15) is 31.2 Å². The molecule has 2 aromatic carbocycles. The fourth-order valence-electron chi connectivity index (χ4n) is 3.75. The van der Waals surface area contributed by atoms with Crippen LogP contribution in [0.5, 0.6) is 0 Å². The molecule has 2 heterocycles. The number of thioether (sulfide) groups is 1. The summed E-state index contributed by atoms with van der Waals surface area (Å²) in [4.78, 5) is 2.43. The first-order valence-corrected chi connectivity index (χ1v) is 13.5. The van der Waals surface area contributed by atoms with Gasteiger partial charge in [-0.2, -0.15) is 0 Å². The largest absolute Gasteiger partial charge is 0.341 e. The molecule has 1 aliphatic heterocycles. The van der Waals surface area contributed by atoms with E-state index in [-0.39, 0.29) is 10.6 Å². The minimum absolute atomic E-state index is 0.00326. The van der Waals surface area contributed by atoms with E-state index in [0.717, 1.165) is 42.7 Å². The number of halogens is 1. The van der Waals surface area contributed by atoms with Crippen LogP contribution in [-0.2, 0) is 9.84 Å². The number of aromatic nitrogens is 3. The molecule has 0 radical (unpaired) electrons. The second kappa shape index (κ2) is 10.0. The van der Waals surface area contributed by atoms with Crippen molar-refractivity contribution < 1.29 is 12.8 Å². The standard InChI is InChI=1S/C23H27FN4O2S2/c1-18-6-10-20(11-7-18)28-22(27-14-3-2-4-15-27)25-26-23(28)31-16-5-17-32(29,30)21-12-8-19(24)9-13-21/h6-13H,2-5,14-17H2,1H3. The van der Waals surface area contributed by atoms with Crippen molar-refractivity contribution in [3.8, 4) is 5.69 Å². The average molecular weight is 475 g/mol. The fourth-order valence-corrected chi connectivity index (χ4v) is 6.13. The van der Waals surface area contributed by atoms with Gasteiger partial charge in [0.05, 0.1) is 16.3 Å². The van der Waals surface area contributed by atoms with E-state index in [0.29, 0.717) is 12.2 Å². The Morgan fingerprint density at radius 1 is 0.969 bits per heavy atom. The lowest BCUT2D eigenvalue weighted by atomic mass is 10.1. The lowest BCUT2D eigenvalue weighted by Crippen LogP contribution is -2.31. The topological polar surface area (TPSA) is 68.1 Å². The lowest BCUT2D eigenvalue weighted by molar-refractivity contribution is 0.564. The Kier molecular flexibility index (Phi) is 7.15. The molecule has 1 aromatic heterocycles. The number of hydrogen-bond acceptors (Lipinski definition) is 6. The van der Waals surface area contributed by atoms with E-state index in [4.69, 9.17) is 0 Å². The highest BCUT2D eigenvalue weighted by Crippen LogP contribution is 2.29. The quantitative estimate of drug-likeness (QED) is 0.269. The van der Waals surface area contributed by atoms with Crippen LogP contribution in [-0.4, -0.2) is 47.8 Å². The van der Waals surface area contributed by atoms with Crippen molar-refractivity contribution in [1.82, 2.24) is 14.8 Å². The summed E-state index contributed by atoms with van der Waals surface area (Å²) in [6.07, 6.45) is 3.98. The molecule has 0 N–H and O–H groups in total. The molecule has 0 spiro atoms. The fraction of sp³-hybridized carbons (Fsp3) is 0.391. The van der Waals surface area contributed by atoms with Crippen LogP contribution in [0.3, 0.4) is 0 Å². The Morgan fingerprint density at radius 2 is 1.66 bits per heavy atom. The van der Waals surface area contributed by atoms with Gasteiger partial charge in [-0.15, -0.1) is 10.2 Å². The molecule has 1 fully saturated rings. The van der Waals surface area contributed by atoms with E-state index in [1.807, 2.05) is 0 Å². The van der Waals surface area contributed by atoms with Crippen molar-refractivity contribution in [2.45, 2.75) is 42.7 Å². The number of piperidine rings is 1. The summed E-state index contributed by atoms with van der Waals surface area (Å²) in [6.45, 7) is 3.98. The van der Waals surface area contributed by atoms with Crippen molar-refractivity contribution in [3.63, 3.8) is 0 Å². The summed E-state index contributed by atoms with van der Waals surface area (Å²) in [7, 11) is -3.44. The van der Waals surface area contributed by atoms with Crippen molar-refractivity contribution in [3.05, 3.63) is 59.9 Å². The number of aryl methyl sites for hydroxylation is 1. The molecule has 1 aliphatic rings. The predicted molar refractivity (Wildman–Crippen MR) is 126 cm³/mol. The normalized spacial score (nSPS) is 14.6. The van der Waals surface area contributed by atoms with Gasteiger partial charge >= 0.3 is 0 Å². The Balaban J connectivity index is 1.47. The van der Waals surface area contributed by atoms with Gasteiger partial charge in [0.1, 0.15) is 5.82 Å². The molecule has 0 aliphatic carbocycles. The summed E-state index contributed by atoms with van der Waals surface area (Å²) in [5, 5.41) is 9.68. The first-order chi connectivity index (χ1) is 15.4. The molecular formula is C23H27FN4O2S2. The van der Waals surface area contributed by atoms with Crippen LogP contribution in [0.2, 0.25) is 0 Å². The molecule has 0 saturated carbocycles. The summed E-state index contributed by atoms with van der Waals surface area (Å²) in [5.74, 6) is 0.989. The maximum atomic E-state index is 13.1. The van der Waals surface area contributed by atoms with Crippen LogP contribution in [0.15, 0.2) is 58.6 Å². The van der Waals surface area contributed by atoms with Crippen LogP contribution in [0, 0.1) is 12.7 Å². The molecule has 170 valence electrons. The molecule has 1 saturated heterocycles. The number of nitrogens with zero attached hydrogens (tertiary/aromatic N) is 4. The number of benzene rings is 2. The predicted octanol–water partition coefficient (Wildman–Crippen LogP) is 4.66. The van der Waals surface area contributed by atoms with Gasteiger partial charge in [0.2, 0.25) is 5.95 Å². The zero-order chi connectivity index (χ0) is 22.6. The highest BCUT2D eigenvalue weighted by Gasteiger charge is 2.22. The van der Waals surface area contributed by atoms with Crippen molar-refractivity contribution in [2.24, 2.45) is 0 Å². The molecule has 32 heavy (non-hydrogen) atoms. The molecule has 9 heteroatoms. The Bertz CT molecular complexity index is 1140. The van der Waals surface area contributed by atoms with Gasteiger partial charge in [-0.05, 0) is 69.0 Å². The molecule has 4 rings (SSSR count). The van der Waals surface area contributed by atoms with E-state index in [2.05, 4.69) is 50.9 Å². The number of hydrogen-bond donors (Lipinski definition) is 0. The van der Waals surface area contributed by atoms with Crippen LogP contribution >= 0.6 is 11.8 Å².